The van der Waals surface area contributed by atoms with Gasteiger partial charge in [-0.05, 0) is 54.7 Å². The maximum atomic E-state index is 11.3. The van der Waals surface area contributed by atoms with Crippen molar-refractivity contribution in [3.8, 4) is 5.69 Å². The first-order valence-electron chi connectivity index (χ1n) is 7.05. The van der Waals surface area contributed by atoms with Crippen molar-refractivity contribution in [2.45, 2.75) is 19.3 Å². The van der Waals surface area contributed by atoms with Crippen LogP contribution in [0.25, 0.3) is 16.7 Å². The number of hydrogen-bond donors (Lipinski definition) is 1. The lowest BCUT2D eigenvalue weighted by molar-refractivity contribution is 0.0699. The second-order valence-corrected chi connectivity index (χ2v) is 5.40. The van der Waals surface area contributed by atoms with Crippen molar-refractivity contribution in [3.63, 3.8) is 0 Å². The van der Waals surface area contributed by atoms with Crippen molar-refractivity contribution in [3.05, 3.63) is 59.4 Å². The molecule has 4 heteroatoms. The van der Waals surface area contributed by atoms with Gasteiger partial charge >= 0.3 is 5.97 Å². The van der Waals surface area contributed by atoms with Crippen molar-refractivity contribution in [1.82, 2.24) is 9.55 Å². The van der Waals surface area contributed by atoms with E-state index >= 15 is 0 Å². The smallest absolute Gasteiger partial charge is 0.337 e. The third kappa shape index (κ3) is 1.83. The number of imidazole rings is 1. The lowest BCUT2D eigenvalue weighted by Gasteiger charge is -2.07. The van der Waals surface area contributed by atoms with Crippen molar-refractivity contribution in [2.75, 3.05) is 0 Å². The number of aromatic nitrogens is 2. The number of fused-ring (bicyclic) bond motifs is 2. The van der Waals surface area contributed by atoms with E-state index in [-0.39, 0.29) is 5.56 Å². The summed E-state index contributed by atoms with van der Waals surface area (Å²) < 4.78 is 1.96. The van der Waals surface area contributed by atoms with Gasteiger partial charge in [-0.3, -0.25) is 4.57 Å². The Kier molecular flexibility index (Phi) is 2.57. The van der Waals surface area contributed by atoms with Crippen LogP contribution in [-0.2, 0) is 12.8 Å². The molecule has 0 saturated carbocycles. The number of para-hydroxylation sites is 1. The van der Waals surface area contributed by atoms with Crippen LogP contribution in [0.3, 0.4) is 0 Å². The van der Waals surface area contributed by atoms with Crippen LogP contribution in [0.2, 0.25) is 0 Å². The highest BCUT2D eigenvalue weighted by Crippen LogP contribution is 2.27. The molecule has 0 bridgehead atoms. The van der Waals surface area contributed by atoms with Crippen LogP contribution in [0, 0.1) is 0 Å². The van der Waals surface area contributed by atoms with Gasteiger partial charge in [-0.15, -0.1) is 0 Å². The van der Waals surface area contributed by atoms with E-state index in [0.29, 0.717) is 5.52 Å². The fourth-order valence-electron chi connectivity index (χ4n) is 3.13. The van der Waals surface area contributed by atoms with Crippen LogP contribution in [-0.4, -0.2) is 20.6 Å². The highest BCUT2D eigenvalue weighted by molar-refractivity contribution is 6.01. The molecule has 0 unspecified atom stereocenters. The molecule has 3 aromatic rings. The largest absolute Gasteiger partial charge is 0.478 e. The fourth-order valence-corrected chi connectivity index (χ4v) is 3.13. The molecule has 0 saturated heterocycles. The predicted octanol–water partition coefficient (Wildman–Crippen LogP) is 3.21. The van der Waals surface area contributed by atoms with Crippen LogP contribution in [0.15, 0.2) is 42.7 Å². The van der Waals surface area contributed by atoms with Gasteiger partial charge in [0.05, 0.1) is 11.1 Å². The first kappa shape index (κ1) is 12.1. The maximum absolute atomic E-state index is 11.3. The van der Waals surface area contributed by atoms with E-state index in [4.69, 9.17) is 0 Å². The zero-order valence-corrected chi connectivity index (χ0v) is 11.4. The minimum atomic E-state index is -0.945. The summed E-state index contributed by atoms with van der Waals surface area (Å²) in [4.78, 5) is 15.6. The Balaban J connectivity index is 1.91. The standard InChI is InChI=1S/C17H14N2O2/c20-17(21)14-5-2-6-15-16(14)18-10-19(15)13-8-7-11-3-1-4-12(11)9-13/h2,5-10H,1,3-4H2,(H,20,21). The molecule has 0 spiro atoms. The molecule has 1 aliphatic carbocycles. The molecule has 2 aromatic carbocycles. The summed E-state index contributed by atoms with van der Waals surface area (Å²) in [5, 5.41) is 9.24. The van der Waals surface area contributed by atoms with E-state index in [1.165, 1.54) is 17.5 Å². The summed E-state index contributed by atoms with van der Waals surface area (Å²) in [6.07, 6.45) is 5.19. The van der Waals surface area contributed by atoms with Crippen molar-refractivity contribution in [1.29, 1.82) is 0 Å². The SMILES string of the molecule is O=C(O)c1cccc2c1ncn2-c1ccc2c(c1)CCC2. The minimum absolute atomic E-state index is 0.243. The van der Waals surface area contributed by atoms with Gasteiger partial charge in [-0.25, -0.2) is 9.78 Å². The Morgan fingerprint density at radius 1 is 1.14 bits per heavy atom. The summed E-state index contributed by atoms with van der Waals surface area (Å²) in [7, 11) is 0. The van der Waals surface area contributed by atoms with Crippen LogP contribution in [0.4, 0.5) is 0 Å². The Morgan fingerprint density at radius 2 is 2.00 bits per heavy atom. The molecule has 0 atom stereocenters. The van der Waals surface area contributed by atoms with Gasteiger partial charge in [-0.1, -0.05) is 12.1 Å². The normalized spacial score (nSPS) is 13.5. The van der Waals surface area contributed by atoms with E-state index < -0.39 is 5.97 Å². The second kappa shape index (κ2) is 4.45. The molecular formula is C17H14N2O2. The molecule has 0 amide bonds. The first-order valence-corrected chi connectivity index (χ1v) is 7.05. The monoisotopic (exact) mass is 278 g/mol. The van der Waals surface area contributed by atoms with Crippen LogP contribution >= 0.6 is 0 Å². The number of rotatable bonds is 2. The van der Waals surface area contributed by atoms with E-state index in [2.05, 4.69) is 23.2 Å². The number of hydrogen-bond acceptors (Lipinski definition) is 2. The van der Waals surface area contributed by atoms with E-state index in [9.17, 15) is 9.90 Å². The van der Waals surface area contributed by atoms with Crippen LogP contribution in [0.1, 0.15) is 27.9 Å². The van der Waals surface area contributed by atoms with Gasteiger partial charge in [0.25, 0.3) is 0 Å². The van der Waals surface area contributed by atoms with Gasteiger partial charge in [0.2, 0.25) is 0 Å². The maximum Gasteiger partial charge on any atom is 0.337 e. The number of aryl methyl sites for hydroxylation is 2. The molecule has 4 nitrogen and oxygen atoms in total. The number of aromatic carboxylic acids is 1. The summed E-state index contributed by atoms with van der Waals surface area (Å²) in [6.45, 7) is 0. The highest BCUT2D eigenvalue weighted by atomic mass is 16.4. The number of carboxylic acid groups (broad SMARTS) is 1. The van der Waals surface area contributed by atoms with Gasteiger partial charge in [0.15, 0.2) is 0 Å². The van der Waals surface area contributed by atoms with Crippen LogP contribution in [0.5, 0.6) is 0 Å². The number of benzene rings is 2. The van der Waals surface area contributed by atoms with E-state index in [1.807, 2.05) is 10.6 Å². The van der Waals surface area contributed by atoms with Crippen molar-refractivity contribution < 1.29 is 9.90 Å². The average Bonchev–Trinajstić information content (AvgIpc) is 3.12. The topological polar surface area (TPSA) is 55.1 Å². The zero-order valence-electron chi connectivity index (χ0n) is 11.4. The Bertz CT molecular complexity index is 864. The molecule has 0 aliphatic heterocycles. The molecular weight excluding hydrogens is 264 g/mol. The highest BCUT2D eigenvalue weighted by Gasteiger charge is 2.15. The molecule has 0 radical (unpaired) electrons. The molecule has 104 valence electrons. The summed E-state index contributed by atoms with van der Waals surface area (Å²) in [5.41, 5.74) is 5.46. The Labute approximate surface area is 121 Å². The first-order chi connectivity index (χ1) is 10.2. The second-order valence-electron chi connectivity index (χ2n) is 5.40. The molecule has 1 N–H and O–H groups in total. The molecule has 0 fully saturated rings. The molecule has 21 heavy (non-hydrogen) atoms. The third-order valence-electron chi connectivity index (χ3n) is 4.17. The summed E-state index contributed by atoms with van der Waals surface area (Å²) in [6, 6.07) is 11.7. The minimum Gasteiger partial charge on any atom is -0.478 e. The number of carbonyl (C=O) groups is 1. The van der Waals surface area contributed by atoms with Gasteiger partial charge < -0.3 is 5.11 Å². The average molecular weight is 278 g/mol. The van der Waals surface area contributed by atoms with E-state index in [1.54, 1.807) is 18.5 Å². The van der Waals surface area contributed by atoms with Gasteiger partial charge in [0.1, 0.15) is 11.8 Å². The third-order valence-corrected chi connectivity index (χ3v) is 4.17. The summed E-state index contributed by atoms with van der Waals surface area (Å²) >= 11 is 0. The van der Waals surface area contributed by atoms with E-state index in [0.717, 1.165) is 24.0 Å². The molecule has 1 aliphatic rings. The number of carboxylic acids is 1. The molecule has 4 rings (SSSR count). The lowest BCUT2D eigenvalue weighted by Crippen LogP contribution is -1.98. The van der Waals surface area contributed by atoms with Crippen molar-refractivity contribution in [2.24, 2.45) is 0 Å². The Hall–Kier alpha value is -2.62. The zero-order chi connectivity index (χ0) is 14.4. The van der Waals surface area contributed by atoms with Crippen molar-refractivity contribution >= 4 is 17.0 Å². The predicted molar refractivity (Wildman–Crippen MR) is 80.1 cm³/mol. The quantitative estimate of drug-likeness (QED) is 0.783. The molecule has 1 aromatic heterocycles. The van der Waals surface area contributed by atoms with Gasteiger partial charge in [-0.2, -0.15) is 0 Å². The number of nitrogens with zero attached hydrogens (tertiary/aromatic N) is 2. The summed E-state index contributed by atoms with van der Waals surface area (Å²) in [5.74, 6) is -0.945. The lowest BCUT2D eigenvalue weighted by atomic mass is 10.1. The van der Waals surface area contributed by atoms with Gasteiger partial charge in [0, 0.05) is 5.69 Å². The Morgan fingerprint density at radius 3 is 2.86 bits per heavy atom. The fraction of sp³-hybridized carbons (Fsp3) is 0.176. The molecule has 1 heterocycles. The van der Waals surface area contributed by atoms with Crippen LogP contribution < -0.4 is 0 Å².